The van der Waals surface area contributed by atoms with Gasteiger partial charge in [0.2, 0.25) is 5.91 Å². The van der Waals surface area contributed by atoms with Crippen LogP contribution in [0.3, 0.4) is 0 Å². The zero-order chi connectivity index (χ0) is 21.5. The molecule has 0 atom stereocenters. The van der Waals surface area contributed by atoms with Gasteiger partial charge in [-0.3, -0.25) is 14.6 Å². The maximum Gasteiger partial charge on any atom is 0.275 e. The standard InChI is InChI=1S/C24H22N4O2S/c29-23(17-31-16-18-8-2-1-3-9-18)26-14-22-20-11-4-5-12-21(20)24(30)28(27-22)15-19-10-6-7-13-25-19/h1-13H,14-17H2,(H,26,29). The number of benzene rings is 2. The highest BCUT2D eigenvalue weighted by Gasteiger charge is 2.12. The van der Waals surface area contributed by atoms with Crippen molar-refractivity contribution >= 4 is 28.4 Å². The lowest BCUT2D eigenvalue weighted by Gasteiger charge is -2.12. The summed E-state index contributed by atoms with van der Waals surface area (Å²) in [5.74, 6) is 1.08. The molecule has 1 N–H and O–H groups in total. The van der Waals surface area contributed by atoms with Gasteiger partial charge in [0.1, 0.15) is 0 Å². The van der Waals surface area contributed by atoms with Crippen LogP contribution in [0, 0.1) is 0 Å². The van der Waals surface area contributed by atoms with E-state index in [9.17, 15) is 9.59 Å². The van der Waals surface area contributed by atoms with Gasteiger partial charge < -0.3 is 5.32 Å². The summed E-state index contributed by atoms with van der Waals surface area (Å²) in [7, 11) is 0. The first kappa shape index (κ1) is 20.8. The van der Waals surface area contributed by atoms with Crippen molar-refractivity contribution in [2.45, 2.75) is 18.8 Å². The van der Waals surface area contributed by atoms with Crippen LogP contribution in [0.5, 0.6) is 0 Å². The van der Waals surface area contributed by atoms with Gasteiger partial charge in [0.15, 0.2) is 0 Å². The van der Waals surface area contributed by atoms with Crippen LogP contribution in [0.4, 0.5) is 0 Å². The van der Waals surface area contributed by atoms with E-state index in [2.05, 4.69) is 15.4 Å². The molecule has 0 fully saturated rings. The Morgan fingerprint density at radius 1 is 0.935 bits per heavy atom. The number of pyridine rings is 1. The summed E-state index contributed by atoms with van der Waals surface area (Å²) in [5, 5.41) is 8.80. The predicted octanol–water partition coefficient (Wildman–Crippen LogP) is 3.39. The predicted molar refractivity (Wildman–Crippen MR) is 124 cm³/mol. The van der Waals surface area contributed by atoms with Crippen molar-refractivity contribution < 1.29 is 4.79 Å². The first-order valence-corrected chi connectivity index (χ1v) is 11.1. The van der Waals surface area contributed by atoms with E-state index < -0.39 is 0 Å². The van der Waals surface area contributed by atoms with Crippen LogP contribution in [-0.2, 0) is 23.6 Å². The second-order valence-corrected chi connectivity index (χ2v) is 8.02. The van der Waals surface area contributed by atoms with Crippen LogP contribution >= 0.6 is 11.8 Å². The molecule has 0 radical (unpaired) electrons. The molecule has 0 aliphatic rings. The van der Waals surface area contributed by atoms with E-state index in [1.165, 1.54) is 10.2 Å². The molecular weight excluding hydrogens is 408 g/mol. The number of carbonyl (C=O) groups is 1. The Morgan fingerprint density at radius 3 is 2.45 bits per heavy atom. The fourth-order valence-electron chi connectivity index (χ4n) is 3.26. The molecule has 156 valence electrons. The van der Waals surface area contributed by atoms with Gasteiger partial charge in [-0.25, -0.2) is 4.68 Å². The summed E-state index contributed by atoms with van der Waals surface area (Å²) in [4.78, 5) is 29.5. The Kier molecular flexibility index (Phi) is 6.74. The van der Waals surface area contributed by atoms with Crippen LogP contribution in [0.2, 0.25) is 0 Å². The van der Waals surface area contributed by atoms with Gasteiger partial charge in [-0.2, -0.15) is 5.10 Å². The smallest absolute Gasteiger partial charge is 0.275 e. The lowest BCUT2D eigenvalue weighted by atomic mass is 10.1. The molecule has 0 aliphatic heterocycles. The minimum atomic E-state index is -0.172. The topological polar surface area (TPSA) is 76.9 Å². The molecule has 6 nitrogen and oxygen atoms in total. The minimum absolute atomic E-state index is 0.0608. The van der Waals surface area contributed by atoms with Crippen molar-refractivity contribution in [2.75, 3.05) is 5.75 Å². The average Bonchev–Trinajstić information content (AvgIpc) is 2.81. The van der Waals surface area contributed by atoms with Crippen LogP contribution in [-0.4, -0.2) is 26.4 Å². The molecule has 2 aromatic heterocycles. The monoisotopic (exact) mass is 430 g/mol. The summed E-state index contributed by atoms with van der Waals surface area (Å²) in [6, 6.07) is 23.0. The third kappa shape index (κ3) is 5.38. The van der Waals surface area contributed by atoms with Crippen LogP contribution in [0.15, 0.2) is 83.8 Å². The normalized spacial score (nSPS) is 10.8. The first-order chi connectivity index (χ1) is 15.2. The molecule has 4 rings (SSSR count). The number of nitrogens with zero attached hydrogens (tertiary/aromatic N) is 3. The second-order valence-electron chi connectivity index (χ2n) is 7.03. The average molecular weight is 431 g/mol. The Bertz CT molecular complexity index is 1230. The number of amides is 1. The van der Waals surface area contributed by atoms with E-state index in [-0.39, 0.29) is 24.6 Å². The van der Waals surface area contributed by atoms with E-state index in [4.69, 9.17) is 0 Å². The van der Waals surface area contributed by atoms with Gasteiger partial charge in [0.05, 0.1) is 35.6 Å². The Morgan fingerprint density at radius 2 is 1.68 bits per heavy atom. The van der Waals surface area contributed by atoms with Gasteiger partial charge in [-0.15, -0.1) is 11.8 Å². The summed E-state index contributed by atoms with van der Waals surface area (Å²) < 4.78 is 1.41. The number of hydrogen-bond donors (Lipinski definition) is 1. The highest BCUT2D eigenvalue weighted by molar-refractivity contribution is 7.99. The summed E-state index contributed by atoms with van der Waals surface area (Å²) >= 11 is 1.56. The highest BCUT2D eigenvalue weighted by Crippen LogP contribution is 2.14. The van der Waals surface area contributed by atoms with Gasteiger partial charge in [-0.05, 0) is 23.8 Å². The summed E-state index contributed by atoms with van der Waals surface area (Å²) in [6.45, 7) is 0.534. The Hall–Kier alpha value is -3.45. The molecular formula is C24H22N4O2S. The highest BCUT2D eigenvalue weighted by atomic mass is 32.2. The Balaban J connectivity index is 1.47. The fourth-order valence-corrected chi connectivity index (χ4v) is 4.07. The Labute approximate surface area is 184 Å². The first-order valence-electron chi connectivity index (χ1n) is 9.98. The maximum atomic E-state index is 12.9. The van der Waals surface area contributed by atoms with E-state index in [0.29, 0.717) is 16.8 Å². The van der Waals surface area contributed by atoms with Crippen molar-refractivity contribution in [3.8, 4) is 0 Å². The molecule has 0 unspecified atom stereocenters. The van der Waals surface area contributed by atoms with Gasteiger partial charge in [0, 0.05) is 17.3 Å². The number of fused-ring (bicyclic) bond motifs is 1. The van der Waals surface area contributed by atoms with E-state index in [1.807, 2.05) is 66.7 Å². The van der Waals surface area contributed by atoms with Gasteiger partial charge in [0.25, 0.3) is 5.56 Å². The molecule has 7 heteroatoms. The lowest BCUT2D eigenvalue weighted by molar-refractivity contribution is -0.118. The summed E-state index contributed by atoms with van der Waals surface area (Å²) in [6.07, 6.45) is 1.69. The molecule has 0 spiro atoms. The van der Waals surface area contributed by atoms with Gasteiger partial charge >= 0.3 is 0 Å². The largest absolute Gasteiger partial charge is 0.350 e. The number of thioether (sulfide) groups is 1. The minimum Gasteiger partial charge on any atom is -0.350 e. The molecule has 2 heterocycles. The van der Waals surface area contributed by atoms with E-state index in [0.717, 1.165) is 16.8 Å². The van der Waals surface area contributed by atoms with E-state index in [1.54, 1.807) is 24.0 Å². The molecule has 0 bridgehead atoms. The molecule has 31 heavy (non-hydrogen) atoms. The number of aromatic nitrogens is 3. The van der Waals surface area contributed by atoms with E-state index >= 15 is 0 Å². The number of nitrogens with one attached hydrogen (secondary N) is 1. The number of rotatable bonds is 8. The van der Waals surface area contributed by atoms with Crippen molar-refractivity contribution in [2.24, 2.45) is 0 Å². The summed E-state index contributed by atoms with van der Waals surface area (Å²) in [5.41, 5.74) is 2.43. The van der Waals surface area contributed by atoms with Gasteiger partial charge in [-0.1, -0.05) is 54.6 Å². The lowest BCUT2D eigenvalue weighted by Crippen LogP contribution is -2.29. The zero-order valence-electron chi connectivity index (χ0n) is 16.9. The molecule has 0 saturated carbocycles. The zero-order valence-corrected chi connectivity index (χ0v) is 17.7. The molecule has 0 saturated heterocycles. The maximum absolute atomic E-state index is 12.9. The fraction of sp³-hybridized carbons (Fsp3) is 0.167. The van der Waals surface area contributed by atoms with Crippen LogP contribution < -0.4 is 10.9 Å². The van der Waals surface area contributed by atoms with Crippen molar-refractivity contribution in [3.63, 3.8) is 0 Å². The molecule has 2 aromatic carbocycles. The number of carbonyl (C=O) groups excluding carboxylic acids is 1. The van der Waals surface area contributed by atoms with Crippen LogP contribution in [0.25, 0.3) is 10.8 Å². The SMILES string of the molecule is O=C(CSCc1ccccc1)NCc1nn(Cc2ccccn2)c(=O)c2ccccc12. The van der Waals surface area contributed by atoms with Crippen molar-refractivity contribution in [3.05, 3.63) is 106 Å². The third-order valence-electron chi connectivity index (χ3n) is 4.78. The van der Waals surface area contributed by atoms with Crippen molar-refractivity contribution in [1.82, 2.24) is 20.1 Å². The van der Waals surface area contributed by atoms with Crippen LogP contribution in [0.1, 0.15) is 17.0 Å². The molecule has 1 amide bonds. The quantitative estimate of drug-likeness (QED) is 0.464. The third-order valence-corrected chi connectivity index (χ3v) is 5.78. The molecule has 4 aromatic rings. The van der Waals surface area contributed by atoms with Crippen molar-refractivity contribution in [1.29, 1.82) is 0 Å². The second kappa shape index (κ2) is 10.0. The number of hydrogen-bond acceptors (Lipinski definition) is 5. The molecule has 0 aliphatic carbocycles.